The molecular weight excluding hydrogens is 436 g/mol. The summed E-state index contributed by atoms with van der Waals surface area (Å²) >= 11 is 0. The first-order valence-electron chi connectivity index (χ1n) is 10.8. The maximum Gasteiger partial charge on any atom is 0.276 e. The lowest BCUT2D eigenvalue weighted by molar-refractivity contribution is 0.264. The second-order valence-corrected chi connectivity index (χ2v) is 10.1. The van der Waals surface area contributed by atoms with Crippen LogP contribution in [0.1, 0.15) is 51.8 Å². The minimum Gasteiger partial charge on any atom is -0.411 e. The van der Waals surface area contributed by atoms with Gasteiger partial charge in [-0.25, -0.2) is 5.14 Å². The lowest BCUT2D eigenvalue weighted by Crippen LogP contribution is -2.51. The average molecular weight is 465 g/mol. The van der Waals surface area contributed by atoms with Gasteiger partial charge < -0.3 is 5.21 Å². The number of benzene rings is 2. The molecule has 3 N–H and O–H groups in total. The summed E-state index contributed by atoms with van der Waals surface area (Å²) in [7, 11) is -3.62. The fraction of sp³-hybridized carbons (Fsp3) is 0.280. The molecule has 1 aliphatic rings. The number of nitrogens with two attached hydrogens (primary N) is 1. The van der Waals surface area contributed by atoms with Crippen molar-refractivity contribution in [2.45, 2.75) is 32.1 Å². The summed E-state index contributed by atoms with van der Waals surface area (Å²) in [5.74, 6) is 0.130. The van der Waals surface area contributed by atoms with E-state index in [1.165, 1.54) is 9.87 Å². The third-order valence-corrected chi connectivity index (χ3v) is 7.35. The Morgan fingerprint density at radius 3 is 2.45 bits per heavy atom. The largest absolute Gasteiger partial charge is 0.411 e. The normalized spacial score (nSPS) is 16.4. The molecule has 4 rings (SSSR count). The molecule has 1 atom stereocenters. The van der Waals surface area contributed by atoms with Crippen molar-refractivity contribution >= 4 is 15.9 Å². The molecule has 2 aromatic carbocycles. The fourth-order valence-electron chi connectivity index (χ4n) is 4.38. The van der Waals surface area contributed by atoms with Crippen LogP contribution in [0.5, 0.6) is 0 Å². The molecule has 1 saturated heterocycles. The summed E-state index contributed by atoms with van der Waals surface area (Å²) in [6, 6.07) is 20.3. The van der Waals surface area contributed by atoms with E-state index >= 15 is 0 Å². The maximum atomic E-state index is 11.5. The van der Waals surface area contributed by atoms with Crippen molar-refractivity contribution < 1.29 is 13.6 Å². The van der Waals surface area contributed by atoms with Gasteiger partial charge in [-0.1, -0.05) is 53.7 Å². The van der Waals surface area contributed by atoms with Crippen LogP contribution in [-0.4, -0.2) is 41.7 Å². The number of pyridine rings is 1. The van der Waals surface area contributed by atoms with E-state index in [1.54, 1.807) is 6.20 Å². The minimum atomic E-state index is -3.62. The van der Waals surface area contributed by atoms with E-state index < -0.39 is 10.2 Å². The Bertz CT molecular complexity index is 1270. The standard InChI is InChI=1S/C25H28N4O3S/c1-17-5-3-4-6-23(17)24(14-25(28-30)21-11-12-27-18(2)13-21)20-9-7-19(8-10-20)22-15-29(16-22)33(26,31)32/h3-13,22,24,30H,14-16H2,1-2H3,(H2,26,31,32)/b28-25+/t24-/m1/s1. The molecule has 0 unspecified atom stereocenters. The van der Waals surface area contributed by atoms with Crippen LogP contribution >= 0.6 is 0 Å². The average Bonchev–Trinajstić information content (AvgIpc) is 2.74. The van der Waals surface area contributed by atoms with Gasteiger partial charge in [-0.3, -0.25) is 4.98 Å². The summed E-state index contributed by atoms with van der Waals surface area (Å²) in [4.78, 5) is 4.24. The van der Waals surface area contributed by atoms with Crippen LogP contribution < -0.4 is 5.14 Å². The molecule has 0 amide bonds. The van der Waals surface area contributed by atoms with Gasteiger partial charge in [0.2, 0.25) is 0 Å². The van der Waals surface area contributed by atoms with Crippen LogP contribution in [0.25, 0.3) is 0 Å². The first-order chi connectivity index (χ1) is 15.8. The zero-order valence-corrected chi connectivity index (χ0v) is 19.5. The first-order valence-corrected chi connectivity index (χ1v) is 12.3. The number of nitrogens with zero attached hydrogens (tertiary/aromatic N) is 3. The lowest BCUT2D eigenvalue weighted by Gasteiger charge is -2.37. The zero-order valence-electron chi connectivity index (χ0n) is 18.7. The Balaban J connectivity index is 1.63. The van der Waals surface area contributed by atoms with E-state index in [2.05, 4.69) is 53.5 Å². The van der Waals surface area contributed by atoms with Crippen molar-refractivity contribution in [3.63, 3.8) is 0 Å². The summed E-state index contributed by atoms with van der Waals surface area (Å²) in [6.45, 7) is 4.80. The summed E-state index contributed by atoms with van der Waals surface area (Å²) in [6.07, 6.45) is 2.24. The quantitative estimate of drug-likeness (QED) is 0.316. The topological polar surface area (TPSA) is 109 Å². The predicted octanol–water partition coefficient (Wildman–Crippen LogP) is 3.70. The Hall–Kier alpha value is -3.07. The Kier molecular flexibility index (Phi) is 6.60. The molecule has 3 aromatic rings. The van der Waals surface area contributed by atoms with Crippen molar-refractivity contribution in [2.75, 3.05) is 13.1 Å². The van der Waals surface area contributed by atoms with Crippen molar-refractivity contribution in [3.8, 4) is 0 Å². The number of rotatable bonds is 7. The highest BCUT2D eigenvalue weighted by Gasteiger charge is 2.34. The fourth-order valence-corrected chi connectivity index (χ4v) is 5.15. The van der Waals surface area contributed by atoms with Gasteiger partial charge in [-0.15, -0.1) is 0 Å². The van der Waals surface area contributed by atoms with Crippen LogP contribution in [0.15, 0.2) is 72.0 Å². The highest BCUT2D eigenvalue weighted by Crippen LogP contribution is 2.34. The molecule has 0 saturated carbocycles. The van der Waals surface area contributed by atoms with Crippen molar-refractivity contribution in [2.24, 2.45) is 10.3 Å². The maximum absolute atomic E-state index is 11.5. The highest BCUT2D eigenvalue weighted by atomic mass is 32.2. The molecule has 0 spiro atoms. The van der Waals surface area contributed by atoms with E-state index in [1.807, 2.05) is 31.2 Å². The van der Waals surface area contributed by atoms with E-state index in [4.69, 9.17) is 5.14 Å². The Morgan fingerprint density at radius 2 is 1.85 bits per heavy atom. The van der Waals surface area contributed by atoms with Gasteiger partial charge in [-0.05, 0) is 48.2 Å². The number of oxime groups is 1. The summed E-state index contributed by atoms with van der Waals surface area (Å²) < 4.78 is 24.2. The highest BCUT2D eigenvalue weighted by molar-refractivity contribution is 7.86. The Morgan fingerprint density at radius 1 is 1.15 bits per heavy atom. The summed E-state index contributed by atoms with van der Waals surface area (Å²) in [5.41, 5.74) is 6.82. The van der Waals surface area contributed by atoms with Crippen LogP contribution in [0.4, 0.5) is 0 Å². The number of hydrogen-bond donors (Lipinski definition) is 2. The van der Waals surface area contributed by atoms with Gasteiger partial charge in [-0.2, -0.15) is 12.7 Å². The molecule has 33 heavy (non-hydrogen) atoms. The van der Waals surface area contributed by atoms with Gasteiger partial charge in [0.15, 0.2) is 0 Å². The van der Waals surface area contributed by atoms with Gasteiger partial charge in [0.1, 0.15) is 0 Å². The molecule has 0 radical (unpaired) electrons. The number of aryl methyl sites for hydroxylation is 2. The molecule has 7 nitrogen and oxygen atoms in total. The molecule has 8 heteroatoms. The van der Waals surface area contributed by atoms with Gasteiger partial charge >= 0.3 is 0 Å². The second-order valence-electron chi connectivity index (χ2n) is 8.57. The zero-order chi connectivity index (χ0) is 23.6. The third-order valence-electron chi connectivity index (χ3n) is 6.33. The van der Waals surface area contributed by atoms with Crippen LogP contribution in [0.3, 0.4) is 0 Å². The molecule has 172 valence electrons. The van der Waals surface area contributed by atoms with Crippen molar-refractivity contribution in [1.82, 2.24) is 9.29 Å². The van der Waals surface area contributed by atoms with Crippen LogP contribution in [-0.2, 0) is 10.2 Å². The Labute approximate surface area is 194 Å². The molecule has 1 aromatic heterocycles. The van der Waals surface area contributed by atoms with Gasteiger partial charge in [0.05, 0.1) is 5.71 Å². The number of aromatic nitrogens is 1. The van der Waals surface area contributed by atoms with Crippen LogP contribution in [0, 0.1) is 13.8 Å². The SMILES string of the molecule is Cc1cc(/C(C[C@H](c2ccc(C3CN(S(N)(=O)=O)C3)cc2)c2ccccc2C)=N/O)ccn1. The second kappa shape index (κ2) is 9.43. The third kappa shape index (κ3) is 5.13. The molecular formula is C25H28N4O3S. The van der Waals surface area contributed by atoms with E-state index in [-0.39, 0.29) is 11.8 Å². The van der Waals surface area contributed by atoms with Gasteiger partial charge in [0.25, 0.3) is 10.2 Å². The summed E-state index contributed by atoms with van der Waals surface area (Å²) in [5, 5.41) is 18.7. The van der Waals surface area contributed by atoms with E-state index in [9.17, 15) is 13.6 Å². The molecule has 0 aliphatic carbocycles. The van der Waals surface area contributed by atoms with Crippen molar-refractivity contribution in [3.05, 3.63) is 100 Å². The molecule has 0 bridgehead atoms. The lowest BCUT2D eigenvalue weighted by atomic mass is 9.82. The van der Waals surface area contributed by atoms with Crippen LogP contribution in [0.2, 0.25) is 0 Å². The molecule has 2 heterocycles. The molecule has 1 fully saturated rings. The minimum absolute atomic E-state index is 0.0121. The molecule has 1 aliphatic heterocycles. The van der Waals surface area contributed by atoms with Crippen molar-refractivity contribution in [1.29, 1.82) is 0 Å². The smallest absolute Gasteiger partial charge is 0.276 e. The van der Waals surface area contributed by atoms with E-state index in [0.29, 0.717) is 25.2 Å². The van der Waals surface area contributed by atoms with E-state index in [0.717, 1.165) is 27.9 Å². The predicted molar refractivity (Wildman–Crippen MR) is 129 cm³/mol. The number of hydrogen-bond acceptors (Lipinski definition) is 5. The first kappa shape index (κ1) is 23.1. The van der Waals surface area contributed by atoms with Gasteiger partial charge in [0, 0.05) is 48.8 Å². The monoisotopic (exact) mass is 464 g/mol.